The zero-order valence-electron chi connectivity index (χ0n) is 12.5. The number of aliphatic hydroxyl groups excluding tert-OH is 1. The predicted molar refractivity (Wildman–Crippen MR) is 82.2 cm³/mol. The van der Waals surface area contributed by atoms with Crippen LogP contribution < -0.4 is 10.2 Å². The Balaban J connectivity index is 2.20. The lowest BCUT2D eigenvalue weighted by molar-refractivity contribution is -0.384. The van der Waals surface area contributed by atoms with Gasteiger partial charge in [-0.2, -0.15) is 0 Å². The Kier molecular flexibility index (Phi) is 5.29. The molecule has 2 rings (SSSR count). The fraction of sp³-hybridized carbons (Fsp3) is 0.500. The second kappa shape index (κ2) is 7.19. The third-order valence-corrected chi connectivity index (χ3v) is 3.79. The quantitative estimate of drug-likeness (QED) is 0.590. The lowest BCUT2D eigenvalue weighted by Gasteiger charge is -2.35. The number of carbonyl (C=O) groups excluding carboxylic acids is 1. The minimum Gasteiger partial charge on any atom is -0.395 e. The number of nitro groups is 1. The summed E-state index contributed by atoms with van der Waals surface area (Å²) in [5.41, 5.74) is 0.745. The third kappa shape index (κ3) is 3.52. The molecule has 1 amide bonds. The number of aliphatic hydroxyl groups is 1. The van der Waals surface area contributed by atoms with E-state index in [1.165, 1.54) is 13.1 Å². The Morgan fingerprint density at radius 2 is 2.05 bits per heavy atom. The SMILES string of the molecule is CNC(=O)c1ccc(N2CCN(CCO)CC2)c([N+](=O)[O-])c1. The van der Waals surface area contributed by atoms with Gasteiger partial charge >= 0.3 is 0 Å². The van der Waals surface area contributed by atoms with Gasteiger partial charge in [-0.05, 0) is 12.1 Å². The molecule has 8 nitrogen and oxygen atoms in total. The van der Waals surface area contributed by atoms with Crippen LogP contribution in [-0.2, 0) is 0 Å². The van der Waals surface area contributed by atoms with E-state index >= 15 is 0 Å². The second-order valence-corrected chi connectivity index (χ2v) is 5.09. The van der Waals surface area contributed by atoms with Crippen molar-refractivity contribution in [1.82, 2.24) is 10.2 Å². The molecule has 0 aromatic heterocycles. The van der Waals surface area contributed by atoms with Crippen LogP contribution in [0.4, 0.5) is 11.4 Å². The van der Waals surface area contributed by atoms with E-state index in [2.05, 4.69) is 10.2 Å². The number of nitrogens with zero attached hydrogens (tertiary/aromatic N) is 3. The van der Waals surface area contributed by atoms with Gasteiger partial charge in [0, 0.05) is 51.4 Å². The van der Waals surface area contributed by atoms with E-state index in [0.29, 0.717) is 25.3 Å². The molecule has 8 heteroatoms. The molecule has 0 aliphatic carbocycles. The smallest absolute Gasteiger partial charge is 0.293 e. The Hall–Kier alpha value is -2.19. The molecular formula is C14H20N4O4. The van der Waals surface area contributed by atoms with Crippen molar-refractivity contribution in [3.8, 4) is 0 Å². The fourth-order valence-electron chi connectivity index (χ4n) is 2.58. The largest absolute Gasteiger partial charge is 0.395 e. The standard InChI is InChI=1S/C14H20N4O4/c1-15-14(20)11-2-3-12(13(10-11)18(21)22)17-6-4-16(5-7-17)8-9-19/h2-3,10,19H,4-9H2,1H3,(H,15,20). The van der Waals surface area contributed by atoms with Crippen molar-refractivity contribution in [3.05, 3.63) is 33.9 Å². The molecule has 120 valence electrons. The minimum atomic E-state index is -0.456. The first-order valence-electron chi connectivity index (χ1n) is 7.15. The summed E-state index contributed by atoms with van der Waals surface area (Å²) >= 11 is 0. The van der Waals surface area contributed by atoms with Crippen LogP contribution >= 0.6 is 0 Å². The van der Waals surface area contributed by atoms with Crippen LogP contribution in [0.25, 0.3) is 0 Å². The molecule has 0 unspecified atom stereocenters. The maximum absolute atomic E-state index is 11.6. The van der Waals surface area contributed by atoms with Crippen LogP contribution in [0.3, 0.4) is 0 Å². The topological polar surface area (TPSA) is 99.0 Å². The average Bonchev–Trinajstić information content (AvgIpc) is 2.54. The number of β-amino-alcohol motifs (C(OH)–C–C–N with tert-alkyl or cyclic N) is 1. The molecule has 1 heterocycles. The van der Waals surface area contributed by atoms with Gasteiger partial charge in [0.25, 0.3) is 11.6 Å². The number of amides is 1. The van der Waals surface area contributed by atoms with Crippen molar-refractivity contribution in [2.75, 3.05) is 51.3 Å². The zero-order valence-corrected chi connectivity index (χ0v) is 12.5. The number of piperazine rings is 1. The van der Waals surface area contributed by atoms with Gasteiger partial charge in [-0.1, -0.05) is 0 Å². The molecule has 22 heavy (non-hydrogen) atoms. The molecule has 1 aromatic rings. The van der Waals surface area contributed by atoms with Gasteiger partial charge in [-0.3, -0.25) is 19.8 Å². The number of nitro benzene ring substituents is 1. The van der Waals surface area contributed by atoms with Gasteiger partial charge in [0.05, 0.1) is 11.5 Å². The molecule has 1 aromatic carbocycles. The molecule has 0 radical (unpaired) electrons. The van der Waals surface area contributed by atoms with Gasteiger partial charge in [0.15, 0.2) is 0 Å². The molecule has 0 saturated carbocycles. The maximum Gasteiger partial charge on any atom is 0.293 e. The summed E-state index contributed by atoms with van der Waals surface area (Å²) in [4.78, 5) is 26.5. The average molecular weight is 308 g/mol. The summed E-state index contributed by atoms with van der Waals surface area (Å²) < 4.78 is 0. The van der Waals surface area contributed by atoms with Crippen molar-refractivity contribution >= 4 is 17.3 Å². The molecule has 1 aliphatic heterocycles. The Labute approximate surface area is 128 Å². The van der Waals surface area contributed by atoms with Gasteiger partial charge in [-0.25, -0.2) is 0 Å². The zero-order chi connectivity index (χ0) is 16.1. The summed E-state index contributed by atoms with van der Waals surface area (Å²) in [5, 5.41) is 22.7. The molecular weight excluding hydrogens is 288 g/mol. The Bertz CT molecular complexity index is 556. The molecule has 0 spiro atoms. The Morgan fingerprint density at radius 3 is 2.59 bits per heavy atom. The lowest BCUT2D eigenvalue weighted by Crippen LogP contribution is -2.47. The number of benzene rings is 1. The van der Waals surface area contributed by atoms with Crippen molar-refractivity contribution < 1.29 is 14.8 Å². The van der Waals surface area contributed by atoms with Gasteiger partial charge in [-0.15, -0.1) is 0 Å². The number of rotatable bonds is 5. The number of nitrogens with one attached hydrogen (secondary N) is 1. The van der Waals surface area contributed by atoms with Crippen LogP contribution in [0.5, 0.6) is 0 Å². The Morgan fingerprint density at radius 1 is 1.36 bits per heavy atom. The van der Waals surface area contributed by atoms with Crippen molar-refractivity contribution in [3.63, 3.8) is 0 Å². The van der Waals surface area contributed by atoms with Crippen LogP contribution in [0.15, 0.2) is 18.2 Å². The molecule has 1 aliphatic rings. The van der Waals surface area contributed by atoms with E-state index in [4.69, 9.17) is 5.11 Å². The first kappa shape index (κ1) is 16.2. The number of hydrogen-bond acceptors (Lipinski definition) is 6. The molecule has 2 N–H and O–H groups in total. The number of hydrogen-bond donors (Lipinski definition) is 2. The van der Waals surface area contributed by atoms with Gasteiger partial charge in [0.2, 0.25) is 0 Å². The van der Waals surface area contributed by atoms with E-state index in [1.807, 2.05) is 4.90 Å². The fourth-order valence-corrected chi connectivity index (χ4v) is 2.58. The third-order valence-electron chi connectivity index (χ3n) is 3.79. The highest BCUT2D eigenvalue weighted by molar-refractivity contribution is 5.95. The normalized spacial score (nSPS) is 15.6. The monoisotopic (exact) mass is 308 g/mol. The summed E-state index contributed by atoms with van der Waals surface area (Å²) in [7, 11) is 1.49. The van der Waals surface area contributed by atoms with Gasteiger partial charge in [0.1, 0.15) is 5.69 Å². The summed E-state index contributed by atoms with van der Waals surface area (Å²) in [6.45, 7) is 3.52. The summed E-state index contributed by atoms with van der Waals surface area (Å²) in [6.07, 6.45) is 0. The number of anilines is 1. The first-order chi connectivity index (χ1) is 10.6. The lowest BCUT2D eigenvalue weighted by atomic mass is 10.1. The minimum absolute atomic E-state index is 0.0586. The van der Waals surface area contributed by atoms with E-state index < -0.39 is 4.92 Å². The molecule has 0 bridgehead atoms. The highest BCUT2D eigenvalue weighted by Crippen LogP contribution is 2.30. The van der Waals surface area contributed by atoms with Crippen LogP contribution in [0.2, 0.25) is 0 Å². The second-order valence-electron chi connectivity index (χ2n) is 5.09. The number of carbonyl (C=O) groups is 1. The van der Waals surface area contributed by atoms with Crippen molar-refractivity contribution in [1.29, 1.82) is 0 Å². The highest BCUT2D eigenvalue weighted by atomic mass is 16.6. The van der Waals surface area contributed by atoms with E-state index in [0.717, 1.165) is 13.1 Å². The molecule has 0 atom stereocenters. The highest BCUT2D eigenvalue weighted by Gasteiger charge is 2.24. The van der Waals surface area contributed by atoms with Crippen molar-refractivity contribution in [2.24, 2.45) is 0 Å². The van der Waals surface area contributed by atoms with E-state index in [-0.39, 0.29) is 23.8 Å². The first-order valence-corrected chi connectivity index (χ1v) is 7.15. The van der Waals surface area contributed by atoms with E-state index in [1.54, 1.807) is 12.1 Å². The van der Waals surface area contributed by atoms with Crippen LogP contribution in [0, 0.1) is 10.1 Å². The summed E-state index contributed by atoms with van der Waals surface area (Å²) in [6, 6.07) is 4.54. The van der Waals surface area contributed by atoms with E-state index in [9.17, 15) is 14.9 Å². The predicted octanol–water partition coefficient (Wildman–Crippen LogP) is 0.0687. The maximum atomic E-state index is 11.6. The summed E-state index contributed by atoms with van der Waals surface area (Å²) in [5.74, 6) is -0.345. The van der Waals surface area contributed by atoms with Gasteiger partial charge < -0.3 is 15.3 Å². The van der Waals surface area contributed by atoms with Crippen molar-refractivity contribution in [2.45, 2.75) is 0 Å². The van der Waals surface area contributed by atoms with Crippen LogP contribution in [0.1, 0.15) is 10.4 Å². The van der Waals surface area contributed by atoms with Crippen LogP contribution in [-0.4, -0.2) is 67.2 Å². The molecule has 1 fully saturated rings. The molecule has 1 saturated heterocycles.